The van der Waals surface area contributed by atoms with Crippen LogP contribution in [0.3, 0.4) is 0 Å². The van der Waals surface area contributed by atoms with Crippen molar-refractivity contribution in [1.29, 1.82) is 0 Å². The summed E-state index contributed by atoms with van der Waals surface area (Å²) in [6.07, 6.45) is 2.11. The van der Waals surface area contributed by atoms with Gasteiger partial charge in [0.1, 0.15) is 0 Å². The van der Waals surface area contributed by atoms with Crippen LogP contribution in [-0.2, 0) is 4.79 Å². The molecular formula is C10H14N4O2. The molecule has 0 saturated carbocycles. The van der Waals surface area contributed by atoms with Gasteiger partial charge in [-0.3, -0.25) is 4.79 Å². The second-order valence-corrected chi connectivity index (χ2v) is 3.79. The van der Waals surface area contributed by atoms with Gasteiger partial charge in [0.05, 0.1) is 12.1 Å². The fourth-order valence-electron chi connectivity index (χ4n) is 1.64. The van der Waals surface area contributed by atoms with E-state index in [0.29, 0.717) is 25.9 Å². The summed E-state index contributed by atoms with van der Waals surface area (Å²) in [5, 5.41) is 13.4. The van der Waals surface area contributed by atoms with Gasteiger partial charge >= 0.3 is 0 Å². The number of nitrogens with zero attached hydrogens (tertiary/aromatic N) is 4. The van der Waals surface area contributed by atoms with Gasteiger partial charge in [0.2, 0.25) is 0 Å². The number of amides is 1. The number of carbonyl (C=O) groups excluding carboxylic acids is 1. The van der Waals surface area contributed by atoms with Gasteiger partial charge in [0, 0.05) is 24.1 Å². The lowest BCUT2D eigenvalue weighted by Gasteiger charge is -2.36. The first-order valence-corrected chi connectivity index (χ1v) is 4.99. The number of piperidine rings is 1. The van der Waals surface area contributed by atoms with Gasteiger partial charge in [-0.05, 0) is 18.4 Å². The molecule has 1 rings (SSSR count). The lowest BCUT2D eigenvalue weighted by molar-refractivity contribution is -0.129. The van der Waals surface area contributed by atoms with E-state index in [0.717, 1.165) is 0 Å². The van der Waals surface area contributed by atoms with Crippen LogP contribution in [0.1, 0.15) is 12.8 Å². The molecule has 0 aromatic rings. The third-order valence-corrected chi connectivity index (χ3v) is 2.66. The van der Waals surface area contributed by atoms with Gasteiger partial charge in [-0.2, -0.15) is 0 Å². The molecule has 0 aliphatic carbocycles. The van der Waals surface area contributed by atoms with Gasteiger partial charge in [-0.1, -0.05) is 11.7 Å². The summed E-state index contributed by atoms with van der Waals surface area (Å²) in [4.78, 5) is 15.7. The summed E-state index contributed by atoms with van der Waals surface area (Å²) in [5.74, 6) is -0.152. The van der Waals surface area contributed by atoms with Crippen LogP contribution in [0, 0.1) is 0 Å². The molecule has 1 saturated heterocycles. The minimum absolute atomic E-state index is 0.0584. The monoisotopic (exact) mass is 222 g/mol. The maximum absolute atomic E-state index is 11.4. The second kappa shape index (κ2) is 5.37. The van der Waals surface area contributed by atoms with Crippen molar-refractivity contribution in [2.24, 2.45) is 5.11 Å². The highest BCUT2D eigenvalue weighted by Crippen LogP contribution is 2.22. The maximum Gasteiger partial charge on any atom is 0.254 e. The normalized spacial score (nSPS) is 18.2. The van der Waals surface area contributed by atoms with Crippen molar-refractivity contribution in [3.63, 3.8) is 0 Å². The van der Waals surface area contributed by atoms with Crippen molar-refractivity contribution in [3.8, 4) is 0 Å². The Morgan fingerprint density at radius 1 is 1.69 bits per heavy atom. The Kier molecular flexibility index (Phi) is 4.14. The molecule has 0 aromatic heterocycles. The Hall–Kier alpha value is -1.74. The van der Waals surface area contributed by atoms with E-state index in [9.17, 15) is 9.90 Å². The fraction of sp³-hybridized carbons (Fsp3) is 0.600. The summed E-state index contributed by atoms with van der Waals surface area (Å²) in [6.45, 7) is 4.30. The Labute approximate surface area is 93.5 Å². The summed E-state index contributed by atoms with van der Waals surface area (Å²) < 4.78 is 0. The third kappa shape index (κ3) is 3.14. The largest absolute Gasteiger partial charge is 0.390 e. The van der Waals surface area contributed by atoms with Crippen molar-refractivity contribution < 1.29 is 9.90 Å². The molecule has 1 N–H and O–H groups in total. The quantitative estimate of drug-likeness (QED) is 0.254. The molecule has 1 fully saturated rings. The molecular weight excluding hydrogens is 208 g/mol. The standard InChI is InChI=1S/C10H14N4O2/c1-2-3-9(15)14-6-4-10(16,5-7-14)8-12-13-11/h3,16H,1,4-8H2. The van der Waals surface area contributed by atoms with Crippen LogP contribution in [0.5, 0.6) is 0 Å². The van der Waals surface area contributed by atoms with E-state index in [1.807, 2.05) is 0 Å². The zero-order chi connectivity index (χ0) is 12.0. The van der Waals surface area contributed by atoms with E-state index in [1.165, 1.54) is 6.08 Å². The van der Waals surface area contributed by atoms with Crippen molar-refractivity contribution in [3.05, 3.63) is 28.8 Å². The molecule has 0 radical (unpaired) electrons. The number of azide groups is 1. The highest BCUT2D eigenvalue weighted by molar-refractivity contribution is 5.87. The Morgan fingerprint density at radius 2 is 2.31 bits per heavy atom. The van der Waals surface area contributed by atoms with E-state index in [1.54, 1.807) is 4.90 Å². The average Bonchev–Trinajstić information content (AvgIpc) is 2.28. The fourth-order valence-corrected chi connectivity index (χ4v) is 1.64. The van der Waals surface area contributed by atoms with Crippen molar-refractivity contribution in [1.82, 2.24) is 4.90 Å². The van der Waals surface area contributed by atoms with Crippen LogP contribution < -0.4 is 0 Å². The van der Waals surface area contributed by atoms with Crippen LogP contribution in [-0.4, -0.2) is 41.1 Å². The number of rotatable bonds is 3. The zero-order valence-corrected chi connectivity index (χ0v) is 8.96. The topological polar surface area (TPSA) is 89.3 Å². The molecule has 0 atom stereocenters. The van der Waals surface area contributed by atoms with Crippen LogP contribution in [0.25, 0.3) is 10.4 Å². The Morgan fingerprint density at radius 3 is 2.81 bits per heavy atom. The average molecular weight is 222 g/mol. The van der Waals surface area contributed by atoms with Crippen molar-refractivity contribution in [2.45, 2.75) is 18.4 Å². The molecule has 6 nitrogen and oxygen atoms in total. The van der Waals surface area contributed by atoms with Crippen LogP contribution in [0.2, 0.25) is 0 Å². The number of hydrogen-bond donors (Lipinski definition) is 1. The molecule has 86 valence electrons. The van der Waals surface area contributed by atoms with Gasteiger partial charge in [-0.15, -0.1) is 5.73 Å². The summed E-state index contributed by atoms with van der Waals surface area (Å²) >= 11 is 0. The minimum atomic E-state index is -0.971. The van der Waals surface area contributed by atoms with Crippen LogP contribution in [0.15, 0.2) is 23.5 Å². The van der Waals surface area contributed by atoms with Gasteiger partial charge < -0.3 is 10.0 Å². The molecule has 1 amide bonds. The Balaban J connectivity index is 2.53. The highest BCUT2D eigenvalue weighted by atomic mass is 16.3. The van der Waals surface area contributed by atoms with E-state index in [4.69, 9.17) is 5.53 Å². The smallest absolute Gasteiger partial charge is 0.254 e. The molecule has 1 heterocycles. The van der Waals surface area contributed by atoms with E-state index >= 15 is 0 Å². The summed E-state index contributed by atoms with van der Waals surface area (Å²) in [6, 6.07) is 0. The van der Waals surface area contributed by atoms with Crippen LogP contribution in [0.4, 0.5) is 0 Å². The minimum Gasteiger partial charge on any atom is -0.390 e. The van der Waals surface area contributed by atoms with Crippen LogP contribution >= 0.6 is 0 Å². The maximum atomic E-state index is 11.4. The lowest BCUT2D eigenvalue weighted by atomic mass is 9.91. The lowest BCUT2D eigenvalue weighted by Crippen LogP contribution is -2.47. The molecule has 0 bridgehead atoms. The summed E-state index contributed by atoms with van der Waals surface area (Å²) in [7, 11) is 0. The molecule has 1 aliphatic rings. The van der Waals surface area contributed by atoms with Gasteiger partial charge in [0.25, 0.3) is 5.91 Å². The number of carbonyl (C=O) groups is 1. The SMILES string of the molecule is C=C=CC(=O)N1CCC(O)(CN=[N+]=[N-])CC1. The summed E-state index contributed by atoms with van der Waals surface area (Å²) in [5.41, 5.74) is 9.64. The zero-order valence-electron chi connectivity index (χ0n) is 8.96. The predicted molar refractivity (Wildman–Crippen MR) is 58.5 cm³/mol. The molecule has 0 aromatic carbocycles. The predicted octanol–water partition coefficient (Wildman–Crippen LogP) is 0.991. The Bertz CT molecular complexity index is 359. The van der Waals surface area contributed by atoms with Crippen molar-refractivity contribution >= 4 is 5.91 Å². The molecule has 1 aliphatic heterocycles. The van der Waals surface area contributed by atoms with Gasteiger partial charge in [0.15, 0.2) is 0 Å². The van der Waals surface area contributed by atoms with E-state index < -0.39 is 5.60 Å². The molecule has 0 unspecified atom stereocenters. The second-order valence-electron chi connectivity index (χ2n) is 3.79. The first kappa shape index (κ1) is 12.3. The van der Waals surface area contributed by atoms with Crippen molar-refractivity contribution in [2.75, 3.05) is 19.6 Å². The third-order valence-electron chi connectivity index (χ3n) is 2.66. The molecule has 0 spiro atoms. The number of aliphatic hydroxyl groups is 1. The first-order valence-electron chi connectivity index (χ1n) is 4.99. The van der Waals surface area contributed by atoms with Gasteiger partial charge in [-0.25, -0.2) is 0 Å². The first-order chi connectivity index (χ1) is 7.61. The highest BCUT2D eigenvalue weighted by Gasteiger charge is 2.32. The number of likely N-dealkylation sites (tertiary alicyclic amines) is 1. The molecule has 6 heteroatoms. The number of hydrogen-bond acceptors (Lipinski definition) is 3. The van der Waals surface area contributed by atoms with E-state index in [2.05, 4.69) is 22.3 Å². The van der Waals surface area contributed by atoms with E-state index in [-0.39, 0.29) is 12.5 Å². The molecule has 16 heavy (non-hydrogen) atoms.